The van der Waals surface area contributed by atoms with Gasteiger partial charge in [-0.2, -0.15) is 6.42 Å². The molecular weight excluding hydrogens is 1110 g/mol. The van der Waals surface area contributed by atoms with E-state index in [0.717, 1.165) is 29.2 Å². The van der Waals surface area contributed by atoms with Crippen LogP contribution in [0.3, 0.4) is 0 Å². The molecule has 0 radical (unpaired) electrons. The van der Waals surface area contributed by atoms with Crippen LogP contribution in [0, 0.1) is 13.0 Å². The number of halogens is 6. The Balaban J connectivity index is 0.000000329. The molecule has 3 fully saturated rings. The van der Waals surface area contributed by atoms with Crippen LogP contribution in [0.15, 0.2) is 162 Å². The molecular formula is C51H55Br2Cl4MgNiO3P2-. The molecule has 3 aliphatic rings. The van der Waals surface area contributed by atoms with Gasteiger partial charge in [0.25, 0.3) is 0 Å². The van der Waals surface area contributed by atoms with Crippen LogP contribution >= 0.6 is 75.4 Å². The first kappa shape index (κ1) is 59.2. The maximum Gasteiger partial charge on any atom is 2.00 e. The molecule has 1 heterocycles. The van der Waals surface area contributed by atoms with E-state index in [2.05, 4.69) is 150 Å². The average Bonchev–Trinajstić information content (AvgIpc) is 4.29. The van der Waals surface area contributed by atoms with E-state index < -0.39 is 0 Å². The summed E-state index contributed by atoms with van der Waals surface area (Å²) in [5.74, 6) is 2.24. The molecule has 6 aromatic carbocycles. The van der Waals surface area contributed by atoms with Crippen molar-refractivity contribution in [1.29, 1.82) is 0 Å². The Kier molecular flexibility index (Phi) is 33.5. The fourth-order valence-corrected chi connectivity index (χ4v) is 11.7. The second kappa shape index (κ2) is 36.2. The Morgan fingerprint density at radius 3 is 1.31 bits per heavy atom. The summed E-state index contributed by atoms with van der Waals surface area (Å²) < 4.78 is 15.9. The summed E-state index contributed by atoms with van der Waals surface area (Å²) in [6.07, 6.45) is 13.7. The summed E-state index contributed by atoms with van der Waals surface area (Å²) in [4.78, 5) is 0. The molecule has 0 amide bonds. The molecule has 6 aromatic rings. The van der Waals surface area contributed by atoms with E-state index in [4.69, 9.17) is 57.8 Å². The van der Waals surface area contributed by atoms with Crippen molar-refractivity contribution in [1.82, 2.24) is 0 Å². The van der Waals surface area contributed by atoms with Gasteiger partial charge in [-0.15, -0.1) is 0 Å². The molecule has 3 nitrogen and oxygen atoms in total. The summed E-state index contributed by atoms with van der Waals surface area (Å²) in [6, 6.07) is 55.8. The van der Waals surface area contributed by atoms with Crippen molar-refractivity contribution < 1.29 is 43.8 Å². The van der Waals surface area contributed by atoms with Gasteiger partial charge < -0.3 is 37.6 Å². The van der Waals surface area contributed by atoms with Gasteiger partial charge in [0.05, 0.1) is 24.3 Å². The zero-order chi connectivity index (χ0) is 44.2. The van der Waals surface area contributed by atoms with E-state index in [1.807, 2.05) is 30.9 Å². The molecule has 13 heteroatoms. The number of benzene rings is 6. The zero-order valence-electron chi connectivity index (χ0n) is 36.2. The van der Waals surface area contributed by atoms with Crippen molar-refractivity contribution in [2.45, 2.75) is 50.9 Å². The van der Waals surface area contributed by atoms with Gasteiger partial charge in [0.1, 0.15) is 11.5 Å². The molecule has 1 aliphatic heterocycles. The fraction of sp³-hybridized carbons (Fsp3) is 0.255. The summed E-state index contributed by atoms with van der Waals surface area (Å²) in [7, 11) is 12.0. The number of ether oxygens (including phenoxy) is 3. The molecule has 1 saturated heterocycles. The zero-order valence-corrected chi connectivity index (χ0v) is 46.6. The summed E-state index contributed by atoms with van der Waals surface area (Å²) in [5, 5.41) is 7.26. The first-order valence-electron chi connectivity index (χ1n) is 20.5. The van der Waals surface area contributed by atoms with Crippen molar-refractivity contribution in [3.05, 3.63) is 191 Å². The van der Waals surface area contributed by atoms with Gasteiger partial charge in [0.15, 0.2) is 0 Å². The molecule has 342 valence electrons. The normalized spacial score (nSPS) is 12.9. The molecule has 64 heavy (non-hydrogen) atoms. The summed E-state index contributed by atoms with van der Waals surface area (Å²) >= 11 is 15.5. The molecule has 0 aromatic heterocycles. The van der Waals surface area contributed by atoms with Crippen LogP contribution in [0.4, 0.5) is 0 Å². The third-order valence-corrected chi connectivity index (χ3v) is 15.7. The molecule has 0 spiro atoms. The second-order valence-corrected chi connectivity index (χ2v) is 22.1. The van der Waals surface area contributed by atoms with Gasteiger partial charge in [-0.05, 0) is 110 Å². The molecule has 0 atom stereocenters. The van der Waals surface area contributed by atoms with Gasteiger partial charge in [0.2, 0.25) is 0 Å². The SMILES string of the molecule is COc1cc(Br)ccc1Cl.COc1cc(C2CC2)ccc1Cl.[Br-].[CH-]1CC1.[CH-]1CCCO1.[Cl][Ni][Cl].[Mg+2].c1ccc(P(CCCP(c2ccccc2)c2ccccc2)c2ccccc2)cc1. The minimum atomic E-state index is -0.309. The number of hydrogen-bond acceptors (Lipinski definition) is 3. The van der Waals surface area contributed by atoms with E-state index in [0.29, 0.717) is 28.4 Å². The Morgan fingerprint density at radius 1 is 0.625 bits per heavy atom. The van der Waals surface area contributed by atoms with E-state index in [1.165, 1.54) is 77.6 Å². The standard InChI is InChI=1S/C27H26P2.C10H11ClO.C7H6BrClO.C4H7O.C3H5.BrH.2ClH.Mg.Ni/c1-5-14-24(15-6-1)28(25-16-7-2-8-17-25)22-13-23-29(26-18-9-3-10-19-26)27-20-11-4-12-21-27;1-12-10-6-8(7-2-3-7)4-5-9(10)11;1-10-7-4-5(8)2-3-6(7)9;1-2-4-5-3-1;1-2-3-1;;;;;/h1-12,14-21H,13,22-23H2;4-7H,2-3H2,1H3;2-4H,1H3;3H,1-2,4H2;1H,2-3H2;3*1H;;/q;;;2*-1;;;;2*+2/p-3. The van der Waals surface area contributed by atoms with Crippen molar-refractivity contribution in [3.8, 4) is 11.5 Å². The van der Waals surface area contributed by atoms with Crippen LogP contribution in [0.5, 0.6) is 11.5 Å². The number of methoxy groups -OCH3 is 2. The predicted octanol–water partition coefficient (Wildman–Crippen LogP) is 11.9. The Labute approximate surface area is 445 Å². The smallest absolute Gasteiger partial charge is 0.0622 e. The van der Waals surface area contributed by atoms with Gasteiger partial charge in [-0.1, -0.05) is 173 Å². The molecule has 0 bridgehead atoms. The van der Waals surface area contributed by atoms with Gasteiger partial charge in [0, 0.05) is 11.1 Å². The third kappa shape index (κ3) is 23.9. The Morgan fingerprint density at radius 2 is 1.02 bits per heavy atom. The largest absolute Gasteiger partial charge is 2.00 e. The predicted molar refractivity (Wildman–Crippen MR) is 279 cm³/mol. The molecule has 2 aliphatic carbocycles. The molecule has 0 unspecified atom stereocenters. The van der Waals surface area contributed by atoms with Crippen LogP contribution in [0.2, 0.25) is 10.0 Å². The summed E-state index contributed by atoms with van der Waals surface area (Å²) in [6.45, 7) is 2.81. The van der Waals surface area contributed by atoms with Crippen LogP contribution in [-0.2, 0) is 17.4 Å². The average molecular weight is 1160 g/mol. The first-order valence-corrected chi connectivity index (χ1v) is 27.9. The second-order valence-electron chi connectivity index (χ2n) is 14.0. The van der Waals surface area contributed by atoms with Crippen LogP contribution < -0.4 is 47.7 Å². The molecule has 9 rings (SSSR count). The van der Waals surface area contributed by atoms with Crippen molar-refractivity contribution in [3.63, 3.8) is 0 Å². The van der Waals surface area contributed by atoms with E-state index in [-0.39, 0.29) is 55.9 Å². The minimum Gasteiger partial charge on any atom is -0.0622 e. The van der Waals surface area contributed by atoms with Crippen LogP contribution in [-0.4, -0.2) is 56.2 Å². The fourth-order valence-electron chi connectivity index (χ4n) is 6.03. The van der Waals surface area contributed by atoms with E-state index in [1.54, 1.807) is 20.3 Å². The number of hydrogen-bond donors (Lipinski definition) is 0. The van der Waals surface area contributed by atoms with Crippen molar-refractivity contribution in [2.75, 3.05) is 33.2 Å². The maximum absolute atomic E-state index is 5.90. The van der Waals surface area contributed by atoms with E-state index >= 15 is 0 Å². The molecule has 2 saturated carbocycles. The van der Waals surface area contributed by atoms with Gasteiger partial charge >= 0.3 is 56.1 Å². The maximum atomic E-state index is 5.90. The Hall–Kier alpha value is -0.880. The summed E-state index contributed by atoms with van der Waals surface area (Å²) in [5.41, 5.74) is 1.36. The topological polar surface area (TPSA) is 27.7 Å². The Bertz CT molecular complexity index is 1910. The van der Waals surface area contributed by atoms with Crippen molar-refractivity contribution in [2.24, 2.45) is 0 Å². The van der Waals surface area contributed by atoms with Crippen LogP contribution in [0.25, 0.3) is 0 Å². The number of rotatable bonds is 11. The van der Waals surface area contributed by atoms with Gasteiger partial charge in [-0.25, -0.2) is 19.4 Å². The monoisotopic (exact) mass is 1160 g/mol. The van der Waals surface area contributed by atoms with Gasteiger partial charge in [-0.3, -0.25) is 0 Å². The third-order valence-electron chi connectivity index (χ3n) is 9.36. The minimum absolute atomic E-state index is 0. The van der Waals surface area contributed by atoms with Crippen molar-refractivity contribution >= 4 is 120 Å². The van der Waals surface area contributed by atoms with E-state index in [9.17, 15) is 0 Å². The quantitative estimate of drug-likeness (QED) is 0.0735. The first-order chi connectivity index (χ1) is 30.4. The van der Waals surface area contributed by atoms with Crippen LogP contribution in [0.1, 0.15) is 56.4 Å². The molecule has 0 N–H and O–H groups in total.